The third-order valence-corrected chi connectivity index (χ3v) is 2.61. The van der Waals surface area contributed by atoms with Crippen LogP contribution in [0.15, 0.2) is 36.5 Å². The van der Waals surface area contributed by atoms with Crippen molar-refractivity contribution >= 4 is 5.78 Å². The fraction of sp³-hybridized carbons (Fsp3) is 0.154. The van der Waals surface area contributed by atoms with E-state index in [0.717, 1.165) is 13.1 Å². The molecule has 0 fully saturated rings. The molecule has 2 nitrogen and oxygen atoms in total. The van der Waals surface area contributed by atoms with Crippen LogP contribution in [0.2, 0.25) is 0 Å². The summed E-state index contributed by atoms with van der Waals surface area (Å²) < 4.78 is 39.0. The molecule has 0 saturated carbocycles. The first-order valence-electron chi connectivity index (χ1n) is 5.26. The van der Waals surface area contributed by atoms with Crippen LogP contribution in [-0.2, 0) is 6.18 Å². The molecule has 0 aliphatic carbocycles. The molecule has 2 rings (SSSR count). The lowest BCUT2D eigenvalue weighted by molar-refractivity contribution is -0.137. The lowest BCUT2D eigenvalue weighted by Crippen LogP contribution is -2.10. The normalized spacial score (nSPS) is 11.6. The first-order valence-corrected chi connectivity index (χ1v) is 5.26. The zero-order chi connectivity index (χ0) is 13.3. The number of ketones is 1. The Morgan fingerprint density at radius 1 is 1.17 bits per heavy atom. The number of nitrogens with one attached hydrogen (secondary N) is 1. The van der Waals surface area contributed by atoms with Gasteiger partial charge in [-0.15, -0.1) is 0 Å². The number of carbonyl (C=O) groups excluding carboxylic acids is 1. The van der Waals surface area contributed by atoms with Gasteiger partial charge in [0.05, 0.1) is 11.3 Å². The van der Waals surface area contributed by atoms with E-state index >= 15 is 0 Å². The molecule has 0 radical (unpaired) electrons. The molecule has 1 heterocycles. The average molecular weight is 253 g/mol. The monoisotopic (exact) mass is 253 g/mol. The number of carbonyl (C=O) groups is 1. The van der Waals surface area contributed by atoms with Crippen LogP contribution in [0.25, 0.3) is 11.3 Å². The van der Waals surface area contributed by atoms with Crippen molar-refractivity contribution in [2.75, 3.05) is 0 Å². The van der Waals surface area contributed by atoms with E-state index in [2.05, 4.69) is 4.98 Å². The highest BCUT2D eigenvalue weighted by Crippen LogP contribution is 2.39. The van der Waals surface area contributed by atoms with E-state index < -0.39 is 17.5 Å². The van der Waals surface area contributed by atoms with E-state index in [4.69, 9.17) is 0 Å². The van der Waals surface area contributed by atoms with Gasteiger partial charge in [0.2, 0.25) is 0 Å². The predicted octanol–water partition coefficient (Wildman–Crippen LogP) is 3.90. The van der Waals surface area contributed by atoms with Gasteiger partial charge in [-0.1, -0.05) is 30.3 Å². The molecule has 5 heteroatoms. The van der Waals surface area contributed by atoms with Crippen LogP contribution in [0.4, 0.5) is 13.2 Å². The number of alkyl halides is 3. The molecule has 1 aromatic carbocycles. The van der Waals surface area contributed by atoms with E-state index in [1.165, 1.54) is 0 Å². The van der Waals surface area contributed by atoms with E-state index in [-0.39, 0.29) is 11.3 Å². The van der Waals surface area contributed by atoms with Gasteiger partial charge in [0.1, 0.15) is 0 Å². The molecule has 0 bridgehead atoms. The molecule has 0 spiro atoms. The van der Waals surface area contributed by atoms with Crippen molar-refractivity contribution in [2.24, 2.45) is 0 Å². The Labute approximate surface area is 101 Å². The maximum Gasteiger partial charge on any atom is 0.419 e. The summed E-state index contributed by atoms with van der Waals surface area (Å²) in [5, 5.41) is 0. The van der Waals surface area contributed by atoms with Crippen molar-refractivity contribution in [3.63, 3.8) is 0 Å². The Bertz CT molecular complexity index is 570. The fourth-order valence-electron chi connectivity index (χ4n) is 1.83. The second-order valence-corrected chi connectivity index (χ2v) is 3.87. The summed E-state index contributed by atoms with van der Waals surface area (Å²) in [4.78, 5) is 13.8. The molecule has 0 atom stereocenters. The highest BCUT2D eigenvalue weighted by atomic mass is 19.4. The standard InChI is InChI=1S/C13H10F3NO/c1-8(18)10-7-17-12(11(10)13(14,15)16)9-5-3-2-4-6-9/h2-7,17H,1H3. The van der Waals surface area contributed by atoms with Crippen LogP contribution in [0.3, 0.4) is 0 Å². The van der Waals surface area contributed by atoms with Crippen LogP contribution in [0, 0.1) is 0 Å². The third kappa shape index (κ3) is 2.16. The summed E-state index contributed by atoms with van der Waals surface area (Å²) in [5.41, 5.74) is -0.909. The predicted molar refractivity (Wildman–Crippen MR) is 61.2 cm³/mol. The number of Topliss-reactive ketones (excluding diaryl/α,β-unsaturated/α-hetero) is 1. The average Bonchev–Trinajstić information content (AvgIpc) is 2.74. The Kier molecular flexibility index (Phi) is 2.98. The van der Waals surface area contributed by atoms with Gasteiger partial charge in [0, 0.05) is 11.8 Å². The van der Waals surface area contributed by atoms with Crippen LogP contribution >= 0.6 is 0 Å². The zero-order valence-electron chi connectivity index (χ0n) is 9.51. The Balaban J connectivity index is 2.67. The minimum absolute atomic E-state index is 0.0756. The maximum absolute atomic E-state index is 13.0. The first kappa shape index (κ1) is 12.4. The van der Waals surface area contributed by atoms with Gasteiger partial charge < -0.3 is 4.98 Å². The Morgan fingerprint density at radius 3 is 2.28 bits per heavy atom. The SMILES string of the molecule is CC(=O)c1c[nH]c(-c2ccccc2)c1C(F)(F)F. The second-order valence-electron chi connectivity index (χ2n) is 3.87. The zero-order valence-corrected chi connectivity index (χ0v) is 9.51. The molecule has 0 amide bonds. The number of halogens is 3. The summed E-state index contributed by atoms with van der Waals surface area (Å²) in [6.45, 7) is 1.12. The second kappa shape index (κ2) is 4.33. The number of hydrogen-bond donors (Lipinski definition) is 1. The smallest absolute Gasteiger partial charge is 0.360 e. The number of aromatic nitrogens is 1. The molecule has 1 N–H and O–H groups in total. The number of H-pyrrole nitrogens is 1. The van der Waals surface area contributed by atoms with E-state index in [0.29, 0.717) is 5.56 Å². The van der Waals surface area contributed by atoms with Crippen molar-refractivity contribution in [2.45, 2.75) is 13.1 Å². The van der Waals surface area contributed by atoms with Gasteiger partial charge in [0.25, 0.3) is 0 Å². The molecule has 1 aromatic heterocycles. The van der Waals surface area contributed by atoms with E-state index in [1.807, 2.05) is 0 Å². The van der Waals surface area contributed by atoms with Crippen LogP contribution in [-0.4, -0.2) is 10.8 Å². The topological polar surface area (TPSA) is 32.9 Å². The van der Waals surface area contributed by atoms with Crippen molar-refractivity contribution in [3.8, 4) is 11.3 Å². The summed E-state index contributed by atoms with van der Waals surface area (Å²) in [7, 11) is 0. The van der Waals surface area contributed by atoms with Crippen molar-refractivity contribution in [1.29, 1.82) is 0 Å². The number of benzene rings is 1. The molecule has 0 saturated heterocycles. The molecule has 0 unspecified atom stereocenters. The molecular formula is C13H10F3NO. The van der Waals surface area contributed by atoms with Crippen molar-refractivity contribution in [1.82, 2.24) is 4.98 Å². The minimum Gasteiger partial charge on any atom is -0.360 e. The van der Waals surface area contributed by atoms with Crippen molar-refractivity contribution < 1.29 is 18.0 Å². The first-order chi connectivity index (χ1) is 8.41. The molecule has 0 aliphatic heterocycles. The summed E-state index contributed by atoms with van der Waals surface area (Å²) in [5.74, 6) is -0.610. The Morgan fingerprint density at radius 2 is 1.78 bits per heavy atom. The maximum atomic E-state index is 13.0. The van der Waals surface area contributed by atoms with Crippen LogP contribution < -0.4 is 0 Å². The van der Waals surface area contributed by atoms with Gasteiger partial charge in [-0.3, -0.25) is 4.79 Å². The highest BCUT2D eigenvalue weighted by Gasteiger charge is 2.38. The molecule has 94 valence electrons. The van der Waals surface area contributed by atoms with Gasteiger partial charge in [-0.2, -0.15) is 13.2 Å². The van der Waals surface area contributed by atoms with Gasteiger partial charge >= 0.3 is 6.18 Å². The highest BCUT2D eigenvalue weighted by molar-refractivity contribution is 5.97. The van der Waals surface area contributed by atoms with E-state index in [1.54, 1.807) is 30.3 Å². The lowest BCUT2D eigenvalue weighted by Gasteiger charge is -2.10. The van der Waals surface area contributed by atoms with Crippen molar-refractivity contribution in [3.05, 3.63) is 47.7 Å². The summed E-state index contributed by atoms with van der Waals surface area (Å²) in [6.07, 6.45) is -3.46. The third-order valence-electron chi connectivity index (χ3n) is 2.61. The fourth-order valence-corrected chi connectivity index (χ4v) is 1.83. The quantitative estimate of drug-likeness (QED) is 0.809. The van der Waals surface area contributed by atoms with Gasteiger partial charge in [-0.05, 0) is 12.5 Å². The van der Waals surface area contributed by atoms with Crippen LogP contribution in [0.1, 0.15) is 22.8 Å². The van der Waals surface area contributed by atoms with Crippen LogP contribution in [0.5, 0.6) is 0 Å². The molecule has 2 aromatic rings. The largest absolute Gasteiger partial charge is 0.419 e. The molecule has 18 heavy (non-hydrogen) atoms. The summed E-state index contributed by atoms with van der Waals surface area (Å²) >= 11 is 0. The summed E-state index contributed by atoms with van der Waals surface area (Å²) in [6, 6.07) is 8.12. The van der Waals surface area contributed by atoms with Gasteiger partial charge in [0.15, 0.2) is 5.78 Å². The van der Waals surface area contributed by atoms with Gasteiger partial charge in [-0.25, -0.2) is 0 Å². The minimum atomic E-state index is -4.56. The lowest BCUT2D eigenvalue weighted by atomic mass is 10.0. The molecular weight excluding hydrogens is 243 g/mol. The number of rotatable bonds is 2. The Hall–Kier alpha value is -2.04. The van der Waals surface area contributed by atoms with E-state index in [9.17, 15) is 18.0 Å². The number of aromatic amines is 1. The number of hydrogen-bond acceptors (Lipinski definition) is 1. The molecule has 0 aliphatic rings.